The Balaban J connectivity index is 1.48. The van der Waals surface area contributed by atoms with E-state index in [0.717, 1.165) is 55.2 Å². The topological polar surface area (TPSA) is 81.2 Å². The first-order chi connectivity index (χ1) is 12.5. The zero-order valence-corrected chi connectivity index (χ0v) is 15.4. The minimum atomic E-state index is 0.0778. The largest absolute Gasteiger partial charge is 0.356 e. The second-order valence-corrected chi connectivity index (χ2v) is 7.07. The van der Waals surface area contributed by atoms with Gasteiger partial charge in [0.1, 0.15) is 12.1 Å². The number of nitrogens with zero attached hydrogens (tertiary/aromatic N) is 7. The predicted octanol–water partition coefficient (Wildman–Crippen LogP) is 1.52. The first-order valence-electron chi connectivity index (χ1n) is 8.98. The summed E-state index contributed by atoms with van der Waals surface area (Å²) >= 11 is 0. The van der Waals surface area contributed by atoms with Crippen LogP contribution >= 0.6 is 0 Å². The number of fused-ring (bicyclic) bond motifs is 1. The molecule has 26 heavy (non-hydrogen) atoms. The first kappa shape index (κ1) is 16.7. The zero-order chi connectivity index (χ0) is 18.3. The molecule has 8 nitrogen and oxygen atoms in total. The molecule has 0 bridgehead atoms. The molecule has 0 saturated carbocycles. The molecule has 3 aromatic heterocycles. The third kappa shape index (κ3) is 2.95. The van der Waals surface area contributed by atoms with Gasteiger partial charge in [0.05, 0.1) is 6.33 Å². The van der Waals surface area contributed by atoms with Gasteiger partial charge < -0.3 is 4.90 Å². The van der Waals surface area contributed by atoms with Crippen LogP contribution in [0.1, 0.15) is 29.8 Å². The fraction of sp³-hybridized carbons (Fsp3) is 0.500. The number of aromatic nitrogens is 6. The summed E-state index contributed by atoms with van der Waals surface area (Å²) in [6.45, 7) is 8.28. The molecule has 0 amide bonds. The summed E-state index contributed by atoms with van der Waals surface area (Å²) in [6.07, 6.45) is 5.27. The molecule has 0 spiro atoms. The highest BCUT2D eigenvalue weighted by atomic mass is 16.1. The van der Waals surface area contributed by atoms with Gasteiger partial charge in [-0.05, 0) is 39.5 Å². The van der Waals surface area contributed by atoms with Crippen molar-refractivity contribution < 1.29 is 0 Å². The van der Waals surface area contributed by atoms with Crippen molar-refractivity contribution in [3.63, 3.8) is 0 Å². The van der Waals surface area contributed by atoms with Gasteiger partial charge in [0.15, 0.2) is 0 Å². The second kappa shape index (κ2) is 6.51. The summed E-state index contributed by atoms with van der Waals surface area (Å²) in [4.78, 5) is 27.7. The van der Waals surface area contributed by atoms with Crippen LogP contribution in [0.15, 0.2) is 23.5 Å². The van der Waals surface area contributed by atoms with E-state index in [9.17, 15) is 4.79 Å². The van der Waals surface area contributed by atoms with E-state index in [0.29, 0.717) is 11.7 Å². The predicted molar refractivity (Wildman–Crippen MR) is 98.4 cm³/mol. The smallest absolute Gasteiger partial charge is 0.256 e. The van der Waals surface area contributed by atoms with Crippen LogP contribution in [-0.4, -0.2) is 42.2 Å². The van der Waals surface area contributed by atoms with Gasteiger partial charge in [-0.1, -0.05) is 0 Å². The van der Waals surface area contributed by atoms with Crippen molar-refractivity contribution in [2.45, 2.75) is 40.2 Å². The maximum absolute atomic E-state index is 12.4. The first-order valence-corrected chi connectivity index (χ1v) is 8.98. The molecule has 1 aliphatic heterocycles. The Labute approximate surface area is 151 Å². The molecule has 0 atom stereocenters. The molecule has 1 aliphatic rings. The summed E-state index contributed by atoms with van der Waals surface area (Å²) in [5, 5.41) is 4.30. The van der Waals surface area contributed by atoms with E-state index in [1.807, 2.05) is 20.8 Å². The summed E-state index contributed by atoms with van der Waals surface area (Å²) < 4.78 is 3.56. The number of rotatable bonds is 3. The fourth-order valence-corrected chi connectivity index (χ4v) is 3.57. The van der Waals surface area contributed by atoms with Gasteiger partial charge in [-0.25, -0.2) is 9.97 Å². The van der Waals surface area contributed by atoms with Gasteiger partial charge in [-0.2, -0.15) is 14.6 Å². The molecule has 0 N–H and O–H groups in total. The van der Waals surface area contributed by atoms with Gasteiger partial charge in [-0.3, -0.25) is 9.36 Å². The average molecular weight is 353 g/mol. The number of hydrogen-bond donors (Lipinski definition) is 0. The van der Waals surface area contributed by atoms with Gasteiger partial charge in [-0.15, -0.1) is 0 Å². The Bertz CT molecular complexity index is 998. The summed E-state index contributed by atoms with van der Waals surface area (Å²) in [6, 6.07) is 2.06. The highest BCUT2D eigenvalue weighted by Gasteiger charge is 2.23. The average Bonchev–Trinajstić information content (AvgIpc) is 3.10. The van der Waals surface area contributed by atoms with Crippen LogP contribution in [0.25, 0.3) is 5.78 Å². The quantitative estimate of drug-likeness (QED) is 0.710. The van der Waals surface area contributed by atoms with E-state index in [4.69, 9.17) is 0 Å². The normalized spacial score (nSPS) is 15.7. The summed E-state index contributed by atoms with van der Waals surface area (Å²) in [5.41, 5.74) is 2.57. The van der Waals surface area contributed by atoms with Crippen LogP contribution in [0, 0.1) is 26.7 Å². The van der Waals surface area contributed by atoms with Gasteiger partial charge in [0.25, 0.3) is 11.3 Å². The van der Waals surface area contributed by atoms with Crippen molar-refractivity contribution in [1.29, 1.82) is 0 Å². The second-order valence-electron chi connectivity index (χ2n) is 7.07. The minimum absolute atomic E-state index is 0.0778. The summed E-state index contributed by atoms with van der Waals surface area (Å²) in [5.74, 6) is 2.14. The van der Waals surface area contributed by atoms with Gasteiger partial charge in [0.2, 0.25) is 0 Å². The molecule has 3 aromatic rings. The highest BCUT2D eigenvalue weighted by molar-refractivity contribution is 5.47. The van der Waals surface area contributed by atoms with Crippen molar-refractivity contribution in [2.75, 3.05) is 18.0 Å². The molecule has 4 heterocycles. The number of piperidine rings is 1. The lowest BCUT2D eigenvalue weighted by Gasteiger charge is -2.33. The minimum Gasteiger partial charge on any atom is -0.356 e. The van der Waals surface area contributed by atoms with E-state index in [-0.39, 0.29) is 5.56 Å². The van der Waals surface area contributed by atoms with E-state index in [1.54, 1.807) is 15.4 Å². The van der Waals surface area contributed by atoms with Crippen molar-refractivity contribution in [2.24, 2.45) is 5.92 Å². The van der Waals surface area contributed by atoms with Crippen LogP contribution in [0.2, 0.25) is 0 Å². The SMILES string of the molecule is Cc1cc(N2CCC(Cn3cnc(C)c(C)c3=O)CC2)n2ncnc2n1. The summed E-state index contributed by atoms with van der Waals surface area (Å²) in [7, 11) is 0. The Hall–Kier alpha value is -2.77. The number of aryl methyl sites for hydroxylation is 2. The maximum atomic E-state index is 12.4. The van der Waals surface area contributed by atoms with Gasteiger partial charge >= 0.3 is 0 Å². The van der Waals surface area contributed by atoms with Crippen molar-refractivity contribution in [3.8, 4) is 0 Å². The number of hydrogen-bond acceptors (Lipinski definition) is 6. The Morgan fingerprint density at radius 2 is 1.92 bits per heavy atom. The lowest BCUT2D eigenvalue weighted by molar-refractivity contribution is 0.349. The molecule has 1 fully saturated rings. The third-order valence-corrected chi connectivity index (χ3v) is 5.27. The Kier molecular flexibility index (Phi) is 4.18. The molecular weight excluding hydrogens is 330 g/mol. The third-order valence-electron chi connectivity index (χ3n) is 5.27. The molecule has 1 saturated heterocycles. The Morgan fingerprint density at radius 3 is 2.69 bits per heavy atom. The molecule has 8 heteroatoms. The van der Waals surface area contributed by atoms with E-state index >= 15 is 0 Å². The maximum Gasteiger partial charge on any atom is 0.256 e. The van der Waals surface area contributed by atoms with E-state index in [1.165, 1.54) is 6.33 Å². The molecule has 0 radical (unpaired) electrons. The highest BCUT2D eigenvalue weighted by Crippen LogP contribution is 2.24. The van der Waals surface area contributed by atoms with Crippen molar-refractivity contribution in [3.05, 3.63) is 46.0 Å². The van der Waals surface area contributed by atoms with Crippen LogP contribution in [0.4, 0.5) is 5.82 Å². The van der Waals surface area contributed by atoms with Crippen LogP contribution in [-0.2, 0) is 6.54 Å². The van der Waals surface area contributed by atoms with Crippen molar-refractivity contribution >= 4 is 11.6 Å². The van der Waals surface area contributed by atoms with Crippen molar-refractivity contribution in [1.82, 2.24) is 29.1 Å². The molecular formula is C18H23N7O. The van der Waals surface area contributed by atoms with E-state index in [2.05, 4.69) is 31.0 Å². The molecule has 0 aliphatic carbocycles. The number of anilines is 1. The van der Waals surface area contributed by atoms with Crippen LogP contribution in [0.5, 0.6) is 0 Å². The molecule has 0 aromatic carbocycles. The van der Waals surface area contributed by atoms with E-state index < -0.39 is 0 Å². The molecule has 0 unspecified atom stereocenters. The van der Waals surface area contributed by atoms with Crippen LogP contribution < -0.4 is 10.5 Å². The monoisotopic (exact) mass is 353 g/mol. The fourth-order valence-electron chi connectivity index (χ4n) is 3.57. The van der Waals surface area contributed by atoms with Gasteiger partial charge in [0, 0.05) is 42.7 Å². The standard InChI is InChI=1S/C18H23N7O/c1-12-8-16(25-18(22-12)19-10-21-25)23-6-4-15(5-7-23)9-24-11-20-14(3)13(2)17(24)26/h8,10-11,15H,4-7,9H2,1-3H3. The molecule has 136 valence electrons. The lowest BCUT2D eigenvalue weighted by atomic mass is 9.96. The van der Waals surface area contributed by atoms with Crippen LogP contribution in [0.3, 0.4) is 0 Å². The lowest BCUT2D eigenvalue weighted by Crippen LogP contribution is -2.37. The zero-order valence-electron chi connectivity index (χ0n) is 15.4. The molecule has 4 rings (SSSR count). The Morgan fingerprint density at radius 1 is 1.15 bits per heavy atom.